The number of rotatable bonds is 5. The second-order valence-corrected chi connectivity index (χ2v) is 4.49. The lowest BCUT2D eigenvalue weighted by molar-refractivity contribution is -0.125. The number of aryl methyl sites for hydroxylation is 1. The van der Waals surface area contributed by atoms with Crippen LogP contribution in [-0.4, -0.2) is 11.9 Å². The maximum atomic E-state index is 11.8. The fraction of sp³-hybridized carbons (Fsp3) is 0.500. The van der Waals surface area contributed by atoms with Gasteiger partial charge in [0.2, 0.25) is 5.91 Å². The molecule has 4 heteroatoms. The van der Waals surface area contributed by atoms with Crippen molar-refractivity contribution in [1.29, 1.82) is 0 Å². The van der Waals surface area contributed by atoms with Gasteiger partial charge >= 0.3 is 0 Å². The monoisotopic (exact) mass is 270 g/mol. The first-order chi connectivity index (χ1) is 8.06. The summed E-state index contributed by atoms with van der Waals surface area (Å²) in [6, 6.07) is 8.05. The molecule has 0 bridgehead atoms. The van der Waals surface area contributed by atoms with Crippen molar-refractivity contribution in [2.75, 3.05) is 0 Å². The van der Waals surface area contributed by atoms with Gasteiger partial charge < -0.3 is 11.1 Å². The first-order valence-electron chi connectivity index (χ1n) is 6.16. The molecule has 18 heavy (non-hydrogen) atoms. The Balaban J connectivity index is 0.00000289. The topological polar surface area (TPSA) is 55.1 Å². The summed E-state index contributed by atoms with van der Waals surface area (Å²) in [6.45, 7) is 6.40. The van der Waals surface area contributed by atoms with Gasteiger partial charge in [0.15, 0.2) is 0 Å². The van der Waals surface area contributed by atoms with E-state index in [9.17, 15) is 4.79 Å². The highest BCUT2D eigenvalue weighted by Crippen LogP contribution is 2.09. The molecule has 3 N–H and O–H groups in total. The third kappa shape index (κ3) is 4.67. The van der Waals surface area contributed by atoms with Crippen LogP contribution < -0.4 is 11.1 Å². The highest BCUT2D eigenvalue weighted by Gasteiger charge is 2.16. The minimum absolute atomic E-state index is 0. The summed E-state index contributed by atoms with van der Waals surface area (Å²) in [5, 5.41) is 2.94. The minimum atomic E-state index is -0.149. The molecular formula is C14H23ClN2O. The molecule has 0 aliphatic heterocycles. The Labute approximate surface area is 116 Å². The van der Waals surface area contributed by atoms with E-state index in [1.807, 2.05) is 26.0 Å². The second-order valence-electron chi connectivity index (χ2n) is 4.49. The van der Waals surface area contributed by atoms with Crippen LogP contribution in [0.4, 0.5) is 0 Å². The summed E-state index contributed by atoms with van der Waals surface area (Å²) in [4.78, 5) is 11.8. The summed E-state index contributed by atoms with van der Waals surface area (Å²) in [5.74, 6) is -0.130. The molecule has 1 amide bonds. The van der Waals surface area contributed by atoms with Gasteiger partial charge in [-0.15, -0.1) is 12.4 Å². The molecule has 2 unspecified atom stereocenters. The van der Waals surface area contributed by atoms with Crippen molar-refractivity contribution in [1.82, 2.24) is 5.32 Å². The van der Waals surface area contributed by atoms with Crippen LogP contribution in [0, 0.1) is 5.92 Å². The van der Waals surface area contributed by atoms with Crippen LogP contribution in [0.2, 0.25) is 0 Å². The van der Waals surface area contributed by atoms with E-state index in [0.29, 0.717) is 6.54 Å². The molecule has 1 rings (SSSR count). The fourth-order valence-electron chi connectivity index (χ4n) is 1.66. The zero-order valence-corrected chi connectivity index (χ0v) is 12.1. The Hall–Kier alpha value is -1.06. The summed E-state index contributed by atoms with van der Waals surface area (Å²) in [7, 11) is 0. The summed E-state index contributed by atoms with van der Waals surface area (Å²) >= 11 is 0. The largest absolute Gasteiger partial charge is 0.352 e. The van der Waals surface area contributed by atoms with E-state index in [0.717, 1.165) is 6.42 Å². The maximum Gasteiger partial charge on any atom is 0.224 e. The first-order valence-corrected chi connectivity index (χ1v) is 6.16. The lowest BCUT2D eigenvalue weighted by Gasteiger charge is -2.16. The van der Waals surface area contributed by atoms with Crippen molar-refractivity contribution in [3.05, 3.63) is 35.4 Å². The van der Waals surface area contributed by atoms with Gasteiger partial charge in [-0.05, 0) is 24.5 Å². The summed E-state index contributed by atoms with van der Waals surface area (Å²) < 4.78 is 0. The van der Waals surface area contributed by atoms with Crippen LogP contribution in [0.15, 0.2) is 24.3 Å². The number of benzene rings is 1. The van der Waals surface area contributed by atoms with Crippen LogP contribution in [-0.2, 0) is 17.8 Å². The van der Waals surface area contributed by atoms with E-state index < -0.39 is 0 Å². The van der Waals surface area contributed by atoms with E-state index in [-0.39, 0.29) is 30.3 Å². The normalized spacial score (nSPS) is 13.3. The average Bonchev–Trinajstić information content (AvgIpc) is 2.35. The Morgan fingerprint density at radius 3 is 2.33 bits per heavy atom. The van der Waals surface area contributed by atoms with Crippen LogP contribution >= 0.6 is 12.4 Å². The number of nitrogens with two attached hydrogens (primary N) is 1. The lowest BCUT2D eigenvalue weighted by atomic mass is 10.0. The molecule has 0 fully saturated rings. The quantitative estimate of drug-likeness (QED) is 0.862. The highest BCUT2D eigenvalue weighted by molar-refractivity contribution is 5.85. The molecule has 0 aliphatic carbocycles. The Bertz CT molecular complexity index is 380. The van der Waals surface area contributed by atoms with Gasteiger partial charge in [0.05, 0.1) is 0 Å². The summed E-state index contributed by atoms with van der Waals surface area (Å²) in [5.41, 5.74) is 8.16. The lowest BCUT2D eigenvalue weighted by Crippen LogP contribution is -2.38. The van der Waals surface area contributed by atoms with E-state index >= 15 is 0 Å². The van der Waals surface area contributed by atoms with Gasteiger partial charge in [-0.3, -0.25) is 4.79 Å². The second kappa shape index (κ2) is 8.11. The summed E-state index contributed by atoms with van der Waals surface area (Å²) in [6.07, 6.45) is 0.981. The molecule has 0 aromatic heterocycles. The standard InChI is InChI=1S/C14H22N2O.ClH/c1-4-12-7-5-6-8-13(12)9-16-14(17)10(2)11(3)15;/h5-8,10-11H,4,9,15H2,1-3H3,(H,16,17);1H. The van der Waals surface area contributed by atoms with E-state index in [1.165, 1.54) is 11.1 Å². The number of halogens is 1. The van der Waals surface area contributed by atoms with Crippen LogP contribution in [0.5, 0.6) is 0 Å². The van der Waals surface area contributed by atoms with Crippen molar-refractivity contribution < 1.29 is 4.79 Å². The first kappa shape index (κ1) is 16.9. The van der Waals surface area contributed by atoms with Crippen LogP contribution in [0.1, 0.15) is 31.9 Å². The number of carbonyl (C=O) groups excluding carboxylic acids is 1. The SMILES string of the molecule is CCc1ccccc1CNC(=O)C(C)C(C)N.Cl. The Morgan fingerprint density at radius 1 is 1.28 bits per heavy atom. The zero-order chi connectivity index (χ0) is 12.8. The van der Waals surface area contributed by atoms with Gasteiger partial charge in [0.1, 0.15) is 0 Å². The zero-order valence-electron chi connectivity index (χ0n) is 11.3. The number of hydrogen-bond acceptors (Lipinski definition) is 2. The molecule has 1 aromatic carbocycles. The third-order valence-electron chi connectivity index (χ3n) is 3.15. The van der Waals surface area contributed by atoms with Crippen LogP contribution in [0.3, 0.4) is 0 Å². The van der Waals surface area contributed by atoms with Crippen LogP contribution in [0.25, 0.3) is 0 Å². The van der Waals surface area contributed by atoms with Crippen molar-refractivity contribution in [2.45, 2.75) is 39.8 Å². The van der Waals surface area contributed by atoms with Crippen molar-refractivity contribution in [3.63, 3.8) is 0 Å². The molecule has 0 heterocycles. The molecule has 0 saturated carbocycles. The van der Waals surface area contributed by atoms with Gasteiger partial charge in [-0.2, -0.15) is 0 Å². The van der Waals surface area contributed by atoms with E-state index in [4.69, 9.17) is 5.73 Å². The molecule has 0 spiro atoms. The molecule has 0 saturated heterocycles. The van der Waals surface area contributed by atoms with Gasteiger partial charge in [-0.25, -0.2) is 0 Å². The number of carbonyl (C=O) groups is 1. The number of hydrogen-bond donors (Lipinski definition) is 2. The molecular weight excluding hydrogens is 248 g/mol. The Kier molecular flexibility index (Phi) is 7.64. The van der Waals surface area contributed by atoms with Gasteiger partial charge in [0.25, 0.3) is 0 Å². The van der Waals surface area contributed by atoms with E-state index in [1.54, 1.807) is 0 Å². The Morgan fingerprint density at radius 2 is 1.83 bits per heavy atom. The minimum Gasteiger partial charge on any atom is -0.352 e. The predicted molar refractivity (Wildman–Crippen MR) is 77.7 cm³/mol. The number of amides is 1. The van der Waals surface area contributed by atoms with Gasteiger partial charge in [-0.1, -0.05) is 38.1 Å². The van der Waals surface area contributed by atoms with Crippen molar-refractivity contribution in [3.8, 4) is 0 Å². The van der Waals surface area contributed by atoms with E-state index in [2.05, 4.69) is 24.4 Å². The van der Waals surface area contributed by atoms with Crippen molar-refractivity contribution >= 4 is 18.3 Å². The maximum absolute atomic E-state index is 11.8. The highest BCUT2D eigenvalue weighted by atomic mass is 35.5. The molecule has 3 nitrogen and oxygen atoms in total. The molecule has 2 atom stereocenters. The smallest absolute Gasteiger partial charge is 0.224 e. The fourth-order valence-corrected chi connectivity index (χ4v) is 1.66. The molecule has 102 valence electrons. The van der Waals surface area contributed by atoms with Crippen molar-refractivity contribution in [2.24, 2.45) is 11.7 Å². The third-order valence-corrected chi connectivity index (χ3v) is 3.15. The molecule has 1 aromatic rings. The molecule has 0 aliphatic rings. The average molecular weight is 271 g/mol. The van der Waals surface area contributed by atoms with Gasteiger partial charge in [0, 0.05) is 18.5 Å². The molecule has 0 radical (unpaired) electrons. The predicted octanol–water partition coefficient (Wildman–Crippen LogP) is 2.27. The number of nitrogens with one attached hydrogen (secondary N) is 1.